The average molecular weight is 287 g/mol. The number of benzene rings is 1. The summed E-state index contributed by atoms with van der Waals surface area (Å²) in [7, 11) is 0. The fraction of sp³-hybridized carbons (Fsp3) is 0.267. The molecule has 6 nitrogen and oxygen atoms in total. The number of hydrogen-bond acceptors (Lipinski definition) is 3. The van der Waals surface area contributed by atoms with Crippen molar-refractivity contribution in [3.63, 3.8) is 0 Å². The minimum absolute atomic E-state index is 0.102. The van der Waals surface area contributed by atoms with Crippen LogP contribution in [0, 0.1) is 0 Å². The van der Waals surface area contributed by atoms with Crippen molar-refractivity contribution in [2.45, 2.75) is 25.7 Å². The molecule has 0 saturated heterocycles. The van der Waals surface area contributed by atoms with E-state index < -0.39 is 5.97 Å². The Hall–Kier alpha value is -2.63. The predicted octanol–water partition coefficient (Wildman–Crippen LogP) is 2.66. The molecule has 1 aromatic heterocycles. The van der Waals surface area contributed by atoms with Crippen molar-refractivity contribution in [1.82, 2.24) is 9.97 Å². The van der Waals surface area contributed by atoms with E-state index in [4.69, 9.17) is 5.11 Å². The Morgan fingerprint density at radius 2 is 1.86 bits per heavy atom. The number of H-pyrrole nitrogens is 1. The summed E-state index contributed by atoms with van der Waals surface area (Å²) in [6.07, 6.45) is 4.87. The average Bonchev–Trinajstić information content (AvgIpc) is 2.98. The summed E-state index contributed by atoms with van der Waals surface area (Å²) in [5.41, 5.74) is 2.63. The van der Waals surface area contributed by atoms with Crippen LogP contribution < -0.4 is 5.32 Å². The van der Waals surface area contributed by atoms with Gasteiger partial charge in [0.2, 0.25) is 5.91 Å². The van der Waals surface area contributed by atoms with E-state index in [0.717, 1.165) is 16.9 Å². The number of hydrogen-bond donors (Lipinski definition) is 3. The van der Waals surface area contributed by atoms with Crippen LogP contribution in [0.25, 0.3) is 11.3 Å². The van der Waals surface area contributed by atoms with Crippen molar-refractivity contribution in [2.75, 3.05) is 5.32 Å². The van der Waals surface area contributed by atoms with E-state index in [-0.39, 0.29) is 12.3 Å². The molecular weight excluding hydrogens is 270 g/mol. The molecule has 0 saturated carbocycles. The van der Waals surface area contributed by atoms with Gasteiger partial charge < -0.3 is 15.4 Å². The first-order valence-electron chi connectivity index (χ1n) is 6.75. The number of carboxylic acid groups (broad SMARTS) is 1. The van der Waals surface area contributed by atoms with Crippen LogP contribution in [-0.2, 0) is 9.59 Å². The van der Waals surface area contributed by atoms with E-state index in [1.807, 2.05) is 24.3 Å². The second-order valence-corrected chi connectivity index (χ2v) is 4.69. The van der Waals surface area contributed by atoms with E-state index in [2.05, 4.69) is 15.3 Å². The van der Waals surface area contributed by atoms with Crippen LogP contribution in [0.3, 0.4) is 0 Å². The van der Waals surface area contributed by atoms with Crippen LogP contribution in [0.1, 0.15) is 25.7 Å². The summed E-state index contributed by atoms with van der Waals surface area (Å²) in [4.78, 5) is 29.0. The third-order valence-corrected chi connectivity index (χ3v) is 3.02. The van der Waals surface area contributed by atoms with Gasteiger partial charge in [-0.15, -0.1) is 0 Å². The first-order chi connectivity index (χ1) is 10.1. The Morgan fingerprint density at radius 3 is 2.48 bits per heavy atom. The lowest BCUT2D eigenvalue weighted by Crippen LogP contribution is -2.11. The summed E-state index contributed by atoms with van der Waals surface area (Å²) >= 11 is 0. The number of nitrogens with one attached hydrogen (secondary N) is 2. The lowest BCUT2D eigenvalue weighted by atomic mass is 10.1. The first-order valence-corrected chi connectivity index (χ1v) is 6.75. The monoisotopic (exact) mass is 287 g/mol. The summed E-state index contributed by atoms with van der Waals surface area (Å²) < 4.78 is 0. The highest BCUT2D eigenvalue weighted by atomic mass is 16.4. The Morgan fingerprint density at radius 1 is 1.14 bits per heavy atom. The van der Waals surface area contributed by atoms with Crippen LogP contribution in [0.2, 0.25) is 0 Å². The number of nitrogens with zero attached hydrogens (tertiary/aromatic N) is 1. The molecular formula is C15H17N3O3. The van der Waals surface area contributed by atoms with Gasteiger partial charge in [-0.3, -0.25) is 9.59 Å². The lowest BCUT2D eigenvalue weighted by Gasteiger charge is -2.06. The number of carboxylic acids is 1. The van der Waals surface area contributed by atoms with E-state index in [1.165, 1.54) is 0 Å². The van der Waals surface area contributed by atoms with Crippen LogP contribution in [-0.4, -0.2) is 27.0 Å². The van der Waals surface area contributed by atoms with Gasteiger partial charge in [0.1, 0.15) is 0 Å². The number of amides is 1. The van der Waals surface area contributed by atoms with E-state index in [1.54, 1.807) is 12.5 Å². The van der Waals surface area contributed by atoms with Crippen molar-refractivity contribution < 1.29 is 14.7 Å². The molecule has 0 spiro atoms. The second-order valence-electron chi connectivity index (χ2n) is 4.69. The number of aromatic amines is 1. The Bertz CT molecular complexity index is 591. The normalized spacial score (nSPS) is 10.3. The number of carbonyl (C=O) groups excluding carboxylic acids is 1. The number of carbonyl (C=O) groups is 2. The number of aliphatic carboxylic acids is 1. The van der Waals surface area contributed by atoms with Crippen molar-refractivity contribution in [1.29, 1.82) is 0 Å². The summed E-state index contributed by atoms with van der Waals surface area (Å²) in [6, 6.07) is 7.44. The molecule has 1 heterocycles. The second kappa shape index (κ2) is 7.23. The fourth-order valence-electron chi connectivity index (χ4n) is 1.93. The highest BCUT2D eigenvalue weighted by Crippen LogP contribution is 2.18. The zero-order valence-electron chi connectivity index (χ0n) is 11.5. The maximum Gasteiger partial charge on any atom is 0.303 e. The largest absolute Gasteiger partial charge is 0.481 e. The number of rotatable bonds is 7. The van der Waals surface area contributed by atoms with Crippen molar-refractivity contribution >= 4 is 17.6 Å². The molecule has 0 aliphatic carbocycles. The Kier molecular flexibility index (Phi) is 5.09. The molecule has 0 aliphatic heterocycles. The van der Waals surface area contributed by atoms with Crippen LogP contribution in [0.4, 0.5) is 5.69 Å². The summed E-state index contributed by atoms with van der Waals surface area (Å²) in [6.45, 7) is 0. The molecule has 6 heteroatoms. The van der Waals surface area contributed by atoms with E-state index in [9.17, 15) is 9.59 Å². The van der Waals surface area contributed by atoms with Crippen molar-refractivity contribution in [3.8, 4) is 11.3 Å². The molecule has 1 amide bonds. The standard InChI is InChI=1S/C15H17N3O3/c19-14(3-1-2-4-15(20)21)18-12-7-5-11(6-8-12)13-9-16-10-17-13/h5-10H,1-4H2,(H,16,17)(H,18,19)(H,20,21). The molecule has 2 aromatic rings. The number of unbranched alkanes of at least 4 members (excludes halogenated alkanes) is 1. The zero-order valence-corrected chi connectivity index (χ0v) is 11.5. The molecule has 21 heavy (non-hydrogen) atoms. The minimum atomic E-state index is -0.829. The molecule has 2 rings (SSSR count). The predicted molar refractivity (Wildman–Crippen MR) is 78.8 cm³/mol. The van der Waals surface area contributed by atoms with Gasteiger partial charge in [-0.25, -0.2) is 4.98 Å². The van der Waals surface area contributed by atoms with Gasteiger partial charge in [0.05, 0.1) is 18.2 Å². The third-order valence-electron chi connectivity index (χ3n) is 3.02. The quantitative estimate of drug-likeness (QED) is 0.682. The molecule has 110 valence electrons. The van der Waals surface area contributed by atoms with Crippen molar-refractivity contribution in [3.05, 3.63) is 36.8 Å². The van der Waals surface area contributed by atoms with Crippen LogP contribution in [0.15, 0.2) is 36.8 Å². The maximum atomic E-state index is 11.7. The van der Waals surface area contributed by atoms with Crippen LogP contribution >= 0.6 is 0 Å². The van der Waals surface area contributed by atoms with E-state index in [0.29, 0.717) is 19.3 Å². The van der Waals surface area contributed by atoms with Gasteiger partial charge >= 0.3 is 5.97 Å². The highest BCUT2D eigenvalue weighted by molar-refractivity contribution is 5.90. The molecule has 3 N–H and O–H groups in total. The molecule has 1 aromatic carbocycles. The summed E-state index contributed by atoms with van der Waals surface area (Å²) in [5.74, 6) is -0.931. The van der Waals surface area contributed by atoms with Gasteiger partial charge in [-0.1, -0.05) is 12.1 Å². The number of anilines is 1. The number of aromatic nitrogens is 2. The lowest BCUT2D eigenvalue weighted by molar-refractivity contribution is -0.137. The van der Waals surface area contributed by atoms with Gasteiger partial charge in [-0.2, -0.15) is 0 Å². The highest BCUT2D eigenvalue weighted by Gasteiger charge is 2.04. The van der Waals surface area contributed by atoms with Gasteiger partial charge in [-0.05, 0) is 30.5 Å². The first kappa shape index (κ1) is 14.8. The van der Waals surface area contributed by atoms with Crippen molar-refractivity contribution in [2.24, 2.45) is 0 Å². The smallest absolute Gasteiger partial charge is 0.303 e. The number of imidazole rings is 1. The molecule has 0 aliphatic rings. The summed E-state index contributed by atoms with van der Waals surface area (Å²) in [5, 5.41) is 11.3. The fourth-order valence-corrected chi connectivity index (χ4v) is 1.93. The Balaban J connectivity index is 1.80. The van der Waals surface area contributed by atoms with Crippen LogP contribution in [0.5, 0.6) is 0 Å². The molecule has 0 atom stereocenters. The third kappa shape index (κ3) is 4.76. The van der Waals surface area contributed by atoms with E-state index >= 15 is 0 Å². The molecule has 0 bridgehead atoms. The topological polar surface area (TPSA) is 95.1 Å². The van der Waals surface area contributed by atoms with Gasteiger partial charge in [0.15, 0.2) is 0 Å². The molecule has 0 radical (unpaired) electrons. The van der Waals surface area contributed by atoms with Gasteiger partial charge in [0, 0.05) is 18.5 Å². The SMILES string of the molecule is O=C(O)CCCCC(=O)Nc1ccc(-c2cnc[nH]2)cc1. The minimum Gasteiger partial charge on any atom is -0.481 e. The Labute approximate surface area is 122 Å². The maximum absolute atomic E-state index is 11.7. The molecule has 0 unspecified atom stereocenters. The zero-order chi connectivity index (χ0) is 15.1. The molecule has 0 fully saturated rings. The van der Waals surface area contributed by atoms with Gasteiger partial charge in [0.25, 0.3) is 0 Å².